The van der Waals surface area contributed by atoms with Crippen LogP contribution in [0.4, 0.5) is 5.69 Å². The van der Waals surface area contributed by atoms with Crippen molar-refractivity contribution in [2.24, 2.45) is 0 Å². The van der Waals surface area contributed by atoms with E-state index in [9.17, 15) is 14.9 Å². The first-order valence-corrected chi connectivity index (χ1v) is 5.20. The molecule has 0 heterocycles. The molecule has 0 amide bonds. The van der Waals surface area contributed by atoms with Crippen LogP contribution in [0.1, 0.15) is 10.8 Å². The minimum absolute atomic E-state index is 0.0412. The van der Waals surface area contributed by atoms with Gasteiger partial charge in [-0.25, -0.2) is 0 Å². The van der Waals surface area contributed by atoms with Crippen molar-refractivity contribution in [3.8, 4) is 0 Å². The molecule has 1 aromatic rings. The second kappa shape index (κ2) is 4.76. The molecule has 74 valence electrons. The fourth-order valence-electron chi connectivity index (χ4n) is 1.06. The van der Waals surface area contributed by atoms with Gasteiger partial charge in [-0.2, -0.15) is 0 Å². The average Bonchev–Trinajstić information content (AvgIpc) is 2.20. The Kier molecular flexibility index (Phi) is 3.64. The molecule has 1 rings (SSSR count). The van der Waals surface area contributed by atoms with E-state index in [0.717, 1.165) is 11.8 Å². The van der Waals surface area contributed by atoms with E-state index in [2.05, 4.69) is 0 Å². The quantitative estimate of drug-likeness (QED) is 0.435. The SMILES string of the molecule is CSC(C=O)c1ccc([N+](=O)[O-])cc1. The van der Waals surface area contributed by atoms with E-state index in [0.29, 0.717) is 0 Å². The summed E-state index contributed by atoms with van der Waals surface area (Å²) in [7, 11) is 0. The first kappa shape index (κ1) is 10.7. The van der Waals surface area contributed by atoms with Gasteiger partial charge in [0.05, 0.1) is 10.2 Å². The Labute approximate surface area is 85.5 Å². The Balaban J connectivity index is 2.92. The van der Waals surface area contributed by atoms with E-state index < -0.39 is 4.92 Å². The molecule has 0 bridgehead atoms. The summed E-state index contributed by atoms with van der Waals surface area (Å²) in [5.41, 5.74) is 0.831. The maximum Gasteiger partial charge on any atom is 0.269 e. The van der Waals surface area contributed by atoms with Crippen LogP contribution >= 0.6 is 11.8 Å². The molecule has 0 aromatic heterocycles. The number of nitro groups is 1. The highest BCUT2D eigenvalue weighted by molar-refractivity contribution is 7.99. The summed E-state index contributed by atoms with van der Waals surface area (Å²) in [6.07, 6.45) is 2.65. The van der Waals surface area contributed by atoms with E-state index in [1.165, 1.54) is 23.9 Å². The highest BCUT2D eigenvalue weighted by atomic mass is 32.2. The number of carbonyl (C=O) groups is 1. The van der Waals surface area contributed by atoms with Crippen molar-refractivity contribution in [3.05, 3.63) is 39.9 Å². The first-order chi connectivity index (χ1) is 6.69. The molecule has 5 heteroatoms. The van der Waals surface area contributed by atoms with Gasteiger partial charge in [0.1, 0.15) is 6.29 Å². The number of nitro benzene ring substituents is 1. The molecule has 0 aliphatic carbocycles. The van der Waals surface area contributed by atoms with Gasteiger partial charge in [-0.1, -0.05) is 12.1 Å². The number of aldehydes is 1. The van der Waals surface area contributed by atoms with Gasteiger partial charge in [0, 0.05) is 12.1 Å². The summed E-state index contributed by atoms with van der Waals surface area (Å²) in [6, 6.07) is 6.02. The van der Waals surface area contributed by atoms with Crippen LogP contribution in [0.2, 0.25) is 0 Å². The summed E-state index contributed by atoms with van der Waals surface area (Å²) >= 11 is 1.40. The third-order valence-corrected chi connectivity index (χ3v) is 2.70. The molecule has 0 fully saturated rings. The molecule has 1 aromatic carbocycles. The number of thioether (sulfide) groups is 1. The third-order valence-electron chi connectivity index (χ3n) is 1.81. The Morgan fingerprint density at radius 1 is 1.43 bits per heavy atom. The Bertz CT molecular complexity index is 336. The molecule has 0 spiro atoms. The van der Waals surface area contributed by atoms with Gasteiger partial charge in [-0.05, 0) is 11.8 Å². The topological polar surface area (TPSA) is 60.2 Å². The van der Waals surface area contributed by atoms with Gasteiger partial charge in [0.25, 0.3) is 5.69 Å². The maximum atomic E-state index is 10.6. The highest BCUT2D eigenvalue weighted by Crippen LogP contribution is 2.25. The van der Waals surface area contributed by atoms with Crippen LogP contribution in [0.3, 0.4) is 0 Å². The van der Waals surface area contributed by atoms with Crippen LogP contribution in [0.25, 0.3) is 0 Å². The van der Waals surface area contributed by atoms with E-state index in [1.807, 2.05) is 6.26 Å². The number of hydrogen-bond donors (Lipinski definition) is 0. The van der Waals surface area contributed by atoms with Crippen molar-refractivity contribution in [1.82, 2.24) is 0 Å². The number of carbonyl (C=O) groups excluding carboxylic acids is 1. The average molecular weight is 211 g/mol. The van der Waals surface area contributed by atoms with Crippen LogP contribution in [0.5, 0.6) is 0 Å². The van der Waals surface area contributed by atoms with Gasteiger partial charge in [-0.15, -0.1) is 11.8 Å². The number of benzene rings is 1. The molecule has 0 radical (unpaired) electrons. The number of hydrogen-bond acceptors (Lipinski definition) is 4. The lowest BCUT2D eigenvalue weighted by molar-refractivity contribution is -0.384. The zero-order valence-electron chi connectivity index (χ0n) is 7.54. The largest absolute Gasteiger partial charge is 0.302 e. The van der Waals surface area contributed by atoms with E-state index in [1.54, 1.807) is 12.1 Å². The molecule has 4 nitrogen and oxygen atoms in total. The molecule has 0 saturated heterocycles. The molecule has 14 heavy (non-hydrogen) atoms. The van der Waals surface area contributed by atoms with E-state index in [4.69, 9.17) is 0 Å². The van der Waals surface area contributed by atoms with E-state index >= 15 is 0 Å². The first-order valence-electron chi connectivity index (χ1n) is 3.91. The molecule has 1 unspecified atom stereocenters. The van der Waals surface area contributed by atoms with Crippen molar-refractivity contribution >= 4 is 23.7 Å². The predicted molar refractivity (Wildman–Crippen MR) is 55.4 cm³/mol. The van der Waals surface area contributed by atoms with Gasteiger partial charge >= 0.3 is 0 Å². The van der Waals surface area contributed by atoms with Gasteiger partial charge in [0.15, 0.2) is 0 Å². The molecular weight excluding hydrogens is 202 g/mol. The van der Waals surface area contributed by atoms with Gasteiger partial charge in [-0.3, -0.25) is 10.1 Å². The van der Waals surface area contributed by atoms with Crippen molar-refractivity contribution < 1.29 is 9.72 Å². The van der Waals surface area contributed by atoms with E-state index in [-0.39, 0.29) is 10.9 Å². The third kappa shape index (κ3) is 2.32. The fraction of sp³-hybridized carbons (Fsp3) is 0.222. The zero-order chi connectivity index (χ0) is 10.6. The maximum absolute atomic E-state index is 10.6. The molecule has 0 aliphatic heterocycles. The zero-order valence-corrected chi connectivity index (χ0v) is 8.36. The lowest BCUT2D eigenvalue weighted by atomic mass is 10.1. The van der Waals surface area contributed by atoms with Crippen LogP contribution in [0, 0.1) is 10.1 Å². The minimum Gasteiger partial charge on any atom is -0.302 e. The van der Waals surface area contributed by atoms with Crippen LogP contribution in [-0.4, -0.2) is 17.5 Å². The second-order valence-electron chi connectivity index (χ2n) is 2.64. The lowest BCUT2D eigenvalue weighted by Gasteiger charge is -2.05. The van der Waals surface area contributed by atoms with Crippen LogP contribution in [-0.2, 0) is 4.79 Å². The lowest BCUT2D eigenvalue weighted by Crippen LogP contribution is -1.95. The normalized spacial score (nSPS) is 12.1. The van der Waals surface area contributed by atoms with Crippen LogP contribution < -0.4 is 0 Å². The van der Waals surface area contributed by atoms with Crippen molar-refractivity contribution in [3.63, 3.8) is 0 Å². The highest BCUT2D eigenvalue weighted by Gasteiger charge is 2.10. The Morgan fingerprint density at radius 2 is 2.00 bits per heavy atom. The van der Waals surface area contributed by atoms with Crippen molar-refractivity contribution in [2.75, 3.05) is 6.26 Å². The number of non-ortho nitro benzene ring substituents is 1. The molecule has 0 saturated carbocycles. The smallest absolute Gasteiger partial charge is 0.269 e. The van der Waals surface area contributed by atoms with Gasteiger partial charge < -0.3 is 4.79 Å². The monoisotopic (exact) mass is 211 g/mol. The summed E-state index contributed by atoms with van der Waals surface area (Å²) in [6.45, 7) is 0. The Hall–Kier alpha value is -1.36. The van der Waals surface area contributed by atoms with Crippen LogP contribution in [0.15, 0.2) is 24.3 Å². The summed E-state index contributed by atoms with van der Waals surface area (Å²) < 4.78 is 0. The molecule has 0 N–H and O–H groups in total. The minimum atomic E-state index is -0.460. The second-order valence-corrected chi connectivity index (χ2v) is 3.62. The summed E-state index contributed by atoms with van der Waals surface area (Å²) in [5, 5.41) is 10.1. The van der Waals surface area contributed by atoms with Crippen molar-refractivity contribution in [2.45, 2.75) is 5.25 Å². The summed E-state index contributed by atoms with van der Waals surface area (Å²) in [4.78, 5) is 20.5. The Morgan fingerprint density at radius 3 is 2.36 bits per heavy atom. The number of nitrogens with zero attached hydrogens (tertiary/aromatic N) is 1. The fourth-order valence-corrected chi connectivity index (χ4v) is 1.60. The van der Waals surface area contributed by atoms with Crippen molar-refractivity contribution in [1.29, 1.82) is 0 Å². The summed E-state index contributed by atoms with van der Waals surface area (Å²) in [5.74, 6) is 0. The molecular formula is C9H9NO3S. The number of rotatable bonds is 4. The standard InChI is InChI=1S/C9H9NO3S/c1-14-9(6-11)7-2-4-8(5-3-7)10(12)13/h2-6,9H,1H3. The molecule has 0 aliphatic rings. The predicted octanol–water partition coefficient (Wildman–Crippen LogP) is 2.20. The van der Waals surface area contributed by atoms with Gasteiger partial charge in [0.2, 0.25) is 0 Å². The molecule has 1 atom stereocenters.